The second kappa shape index (κ2) is 7.59. The van der Waals surface area contributed by atoms with Crippen LogP contribution in [-0.2, 0) is 13.1 Å². The van der Waals surface area contributed by atoms with Gasteiger partial charge in [-0.05, 0) is 46.2 Å². The van der Waals surface area contributed by atoms with E-state index in [-0.39, 0.29) is 0 Å². The van der Waals surface area contributed by atoms with Crippen molar-refractivity contribution in [3.8, 4) is 0 Å². The number of hydrogen-bond donors (Lipinski definition) is 1. The molecule has 0 aliphatic rings. The molecule has 0 saturated heterocycles. The van der Waals surface area contributed by atoms with Gasteiger partial charge in [-0.3, -0.25) is 4.90 Å². The molecule has 0 aliphatic heterocycles. The molecule has 3 heteroatoms. The van der Waals surface area contributed by atoms with Gasteiger partial charge in [0, 0.05) is 50.7 Å². The van der Waals surface area contributed by atoms with E-state index in [2.05, 4.69) is 67.9 Å². The van der Waals surface area contributed by atoms with Crippen LogP contribution in [0.25, 0.3) is 0 Å². The largest absolute Gasteiger partial charge is 0.354 e. The predicted octanol–water partition coefficient (Wildman–Crippen LogP) is 2.72. The Morgan fingerprint density at radius 2 is 1.89 bits per heavy atom. The molecule has 0 fully saturated rings. The molecule has 0 atom stereocenters. The van der Waals surface area contributed by atoms with Crippen LogP contribution in [0, 0.1) is 0 Å². The van der Waals surface area contributed by atoms with Crippen LogP contribution in [0.3, 0.4) is 0 Å². The van der Waals surface area contributed by atoms with Gasteiger partial charge in [0.2, 0.25) is 0 Å². The van der Waals surface area contributed by atoms with Crippen LogP contribution in [0.1, 0.15) is 40.2 Å². The third-order valence-corrected chi connectivity index (χ3v) is 3.38. The fraction of sp³-hybridized carbons (Fsp3) is 0.733. The minimum Gasteiger partial charge on any atom is -0.354 e. The van der Waals surface area contributed by atoms with Gasteiger partial charge < -0.3 is 9.88 Å². The minimum absolute atomic E-state index is 0.618. The molecule has 0 radical (unpaired) electrons. The van der Waals surface area contributed by atoms with Gasteiger partial charge in [-0.2, -0.15) is 0 Å². The van der Waals surface area contributed by atoms with Crippen molar-refractivity contribution in [2.75, 3.05) is 13.1 Å². The predicted molar refractivity (Wildman–Crippen MR) is 78.8 cm³/mol. The van der Waals surface area contributed by atoms with Crippen molar-refractivity contribution in [1.82, 2.24) is 14.8 Å². The van der Waals surface area contributed by atoms with Crippen molar-refractivity contribution in [3.63, 3.8) is 0 Å². The van der Waals surface area contributed by atoms with Gasteiger partial charge in [0.25, 0.3) is 0 Å². The topological polar surface area (TPSA) is 20.2 Å². The molecule has 1 rings (SSSR count). The lowest BCUT2D eigenvalue weighted by Gasteiger charge is -2.30. The zero-order valence-corrected chi connectivity index (χ0v) is 12.6. The van der Waals surface area contributed by atoms with Crippen molar-refractivity contribution < 1.29 is 0 Å². The van der Waals surface area contributed by atoms with E-state index in [1.165, 1.54) is 5.56 Å². The Labute approximate surface area is 112 Å². The van der Waals surface area contributed by atoms with E-state index in [9.17, 15) is 0 Å². The smallest absolute Gasteiger partial charge is 0.0221 e. The van der Waals surface area contributed by atoms with E-state index in [1.54, 1.807) is 0 Å². The fourth-order valence-electron chi connectivity index (χ4n) is 2.35. The third-order valence-electron chi connectivity index (χ3n) is 3.38. The summed E-state index contributed by atoms with van der Waals surface area (Å²) in [7, 11) is 0. The number of nitrogens with zero attached hydrogens (tertiary/aromatic N) is 2. The van der Waals surface area contributed by atoms with Gasteiger partial charge in [-0.25, -0.2) is 0 Å². The van der Waals surface area contributed by atoms with Crippen LogP contribution in [-0.4, -0.2) is 34.6 Å². The average molecular weight is 251 g/mol. The lowest BCUT2D eigenvalue weighted by molar-refractivity contribution is 0.176. The normalized spacial score (nSPS) is 12.0. The maximum atomic E-state index is 3.52. The van der Waals surface area contributed by atoms with Crippen LogP contribution >= 0.6 is 0 Å². The van der Waals surface area contributed by atoms with Gasteiger partial charge in [-0.1, -0.05) is 0 Å². The number of hydrogen-bond acceptors (Lipinski definition) is 2. The first-order valence-electron chi connectivity index (χ1n) is 7.15. The molecule has 0 unspecified atom stereocenters. The maximum absolute atomic E-state index is 3.52. The van der Waals surface area contributed by atoms with Crippen LogP contribution in [0.4, 0.5) is 0 Å². The Morgan fingerprint density at radius 3 is 2.39 bits per heavy atom. The van der Waals surface area contributed by atoms with Crippen molar-refractivity contribution in [2.45, 2.75) is 59.8 Å². The zero-order valence-electron chi connectivity index (χ0n) is 12.6. The van der Waals surface area contributed by atoms with Crippen molar-refractivity contribution in [3.05, 3.63) is 24.0 Å². The molecule has 1 aromatic heterocycles. The lowest BCUT2D eigenvalue weighted by Crippen LogP contribution is -2.41. The van der Waals surface area contributed by atoms with Crippen molar-refractivity contribution in [1.29, 1.82) is 0 Å². The summed E-state index contributed by atoms with van der Waals surface area (Å²) in [6, 6.07) is 3.43. The summed E-state index contributed by atoms with van der Waals surface area (Å²) in [4.78, 5) is 2.52. The SMILES string of the molecule is CCn1ccc(CNCCN(C(C)C)C(C)C)c1. The first-order chi connectivity index (χ1) is 8.54. The third kappa shape index (κ3) is 4.83. The molecule has 0 aromatic carbocycles. The average Bonchev–Trinajstić information content (AvgIpc) is 2.75. The minimum atomic E-state index is 0.618. The molecule has 0 amide bonds. The monoisotopic (exact) mass is 251 g/mol. The quantitative estimate of drug-likeness (QED) is 0.717. The van der Waals surface area contributed by atoms with Gasteiger partial charge in [0.05, 0.1) is 0 Å². The highest BCUT2D eigenvalue weighted by Gasteiger charge is 2.11. The Kier molecular flexibility index (Phi) is 6.44. The second-order valence-corrected chi connectivity index (χ2v) is 5.45. The standard InChI is InChI=1S/C15H29N3/c1-6-17-9-7-15(12-17)11-16-8-10-18(13(2)3)14(4)5/h7,9,12-14,16H,6,8,10-11H2,1-5H3. The van der Waals surface area contributed by atoms with Crippen molar-refractivity contribution in [2.24, 2.45) is 0 Å². The number of aromatic nitrogens is 1. The van der Waals surface area contributed by atoms with E-state index in [4.69, 9.17) is 0 Å². The van der Waals surface area contributed by atoms with E-state index < -0.39 is 0 Å². The number of rotatable bonds is 8. The molecular formula is C15H29N3. The summed E-state index contributed by atoms with van der Waals surface area (Å²) in [5.41, 5.74) is 1.37. The highest BCUT2D eigenvalue weighted by atomic mass is 15.2. The molecule has 0 spiro atoms. The van der Waals surface area contributed by atoms with Crippen LogP contribution < -0.4 is 5.32 Å². The highest BCUT2D eigenvalue weighted by Crippen LogP contribution is 2.04. The number of nitrogens with one attached hydrogen (secondary N) is 1. The van der Waals surface area contributed by atoms with Gasteiger partial charge in [-0.15, -0.1) is 0 Å². The first kappa shape index (κ1) is 15.3. The van der Waals surface area contributed by atoms with E-state index in [1.807, 2.05) is 0 Å². The Morgan fingerprint density at radius 1 is 1.22 bits per heavy atom. The van der Waals surface area contributed by atoms with Gasteiger partial charge >= 0.3 is 0 Å². The van der Waals surface area contributed by atoms with Crippen LogP contribution in [0.2, 0.25) is 0 Å². The van der Waals surface area contributed by atoms with Gasteiger partial charge in [0.1, 0.15) is 0 Å². The van der Waals surface area contributed by atoms with Gasteiger partial charge in [0.15, 0.2) is 0 Å². The molecule has 1 N–H and O–H groups in total. The molecular weight excluding hydrogens is 222 g/mol. The number of aryl methyl sites for hydroxylation is 1. The van der Waals surface area contributed by atoms with E-state index in [0.29, 0.717) is 12.1 Å². The fourth-order valence-corrected chi connectivity index (χ4v) is 2.35. The molecule has 104 valence electrons. The zero-order chi connectivity index (χ0) is 13.5. The summed E-state index contributed by atoms with van der Waals surface area (Å²) >= 11 is 0. The molecule has 3 nitrogen and oxygen atoms in total. The Bertz CT molecular complexity index is 320. The van der Waals surface area contributed by atoms with E-state index >= 15 is 0 Å². The lowest BCUT2D eigenvalue weighted by atomic mass is 10.2. The second-order valence-electron chi connectivity index (χ2n) is 5.45. The highest BCUT2D eigenvalue weighted by molar-refractivity contribution is 5.09. The van der Waals surface area contributed by atoms with Crippen LogP contribution in [0.15, 0.2) is 18.5 Å². The van der Waals surface area contributed by atoms with Crippen molar-refractivity contribution >= 4 is 0 Å². The molecule has 1 heterocycles. The van der Waals surface area contributed by atoms with E-state index in [0.717, 1.165) is 26.2 Å². The summed E-state index contributed by atoms with van der Waals surface area (Å²) in [6.45, 7) is 15.4. The Balaban J connectivity index is 2.25. The summed E-state index contributed by atoms with van der Waals surface area (Å²) < 4.78 is 2.21. The molecule has 1 aromatic rings. The maximum Gasteiger partial charge on any atom is 0.0221 e. The Hall–Kier alpha value is -0.800. The first-order valence-corrected chi connectivity index (χ1v) is 7.15. The van der Waals surface area contributed by atoms with Crippen LogP contribution in [0.5, 0.6) is 0 Å². The summed E-state index contributed by atoms with van der Waals surface area (Å²) in [6.07, 6.45) is 4.36. The molecule has 0 aliphatic carbocycles. The molecule has 0 saturated carbocycles. The molecule has 0 bridgehead atoms. The molecule has 18 heavy (non-hydrogen) atoms. The summed E-state index contributed by atoms with van der Waals surface area (Å²) in [5, 5.41) is 3.52. The summed E-state index contributed by atoms with van der Waals surface area (Å²) in [5.74, 6) is 0.